The van der Waals surface area contributed by atoms with Gasteiger partial charge in [0.25, 0.3) is 0 Å². The van der Waals surface area contributed by atoms with Gasteiger partial charge >= 0.3 is 5.97 Å². The first kappa shape index (κ1) is 13.3. The number of thiazole rings is 1. The number of nitrogens with zero attached hydrogens (tertiary/aromatic N) is 2. The number of aliphatic carboxylic acids is 1. The molecule has 1 atom stereocenters. The minimum absolute atomic E-state index is 0.206. The van der Waals surface area contributed by atoms with Gasteiger partial charge in [-0.15, -0.1) is 11.3 Å². The first-order chi connectivity index (χ1) is 8.45. The number of rotatable bonds is 3. The highest BCUT2D eigenvalue weighted by molar-refractivity contribution is 7.13. The molecule has 1 unspecified atom stereocenters. The largest absolute Gasteiger partial charge is 0.480 e. The van der Waals surface area contributed by atoms with E-state index in [-0.39, 0.29) is 5.41 Å². The van der Waals surface area contributed by atoms with Crippen molar-refractivity contribution in [1.29, 1.82) is 0 Å². The van der Waals surface area contributed by atoms with Crippen LogP contribution in [0.15, 0.2) is 5.38 Å². The number of carboxylic acid groups (broad SMARTS) is 1. The average molecular weight is 268 g/mol. The molecule has 1 saturated heterocycles. The summed E-state index contributed by atoms with van der Waals surface area (Å²) in [6.07, 6.45) is 2.87. The van der Waals surface area contributed by atoms with Crippen LogP contribution in [-0.2, 0) is 11.2 Å². The third-order valence-electron chi connectivity index (χ3n) is 3.65. The van der Waals surface area contributed by atoms with Crippen LogP contribution in [0.3, 0.4) is 0 Å². The molecular formula is C13H20N2O2S. The highest BCUT2D eigenvalue weighted by Crippen LogP contribution is 2.38. The quantitative estimate of drug-likeness (QED) is 0.916. The molecule has 0 bridgehead atoms. The maximum atomic E-state index is 11.6. The molecule has 0 spiro atoms. The fourth-order valence-electron chi connectivity index (χ4n) is 2.66. The van der Waals surface area contributed by atoms with Gasteiger partial charge < -0.3 is 10.0 Å². The molecule has 0 radical (unpaired) electrons. The monoisotopic (exact) mass is 268 g/mol. The summed E-state index contributed by atoms with van der Waals surface area (Å²) in [5.74, 6) is -0.743. The third-order valence-corrected chi connectivity index (χ3v) is 4.58. The third kappa shape index (κ3) is 2.36. The van der Waals surface area contributed by atoms with Gasteiger partial charge in [-0.2, -0.15) is 0 Å². The Kier molecular flexibility index (Phi) is 3.61. The summed E-state index contributed by atoms with van der Waals surface area (Å²) in [5, 5.41) is 12.4. The summed E-state index contributed by atoms with van der Waals surface area (Å²) < 4.78 is 0. The summed E-state index contributed by atoms with van der Waals surface area (Å²) in [6, 6.07) is -0.470. The number of aromatic nitrogens is 1. The van der Waals surface area contributed by atoms with Gasteiger partial charge in [0.1, 0.15) is 6.04 Å². The molecule has 0 aliphatic carbocycles. The van der Waals surface area contributed by atoms with Crippen LogP contribution in [0.25, 0.3) is 0 Å². The number of aryl methyl sites for hydroxylation is 1. The second-order valence-electron chi connectivity index (χ2n) is 5.50. The predicted molar refractivity (Wildman–Crippen MR) is 73.3 cm³/mol. The lowest BCUT2D eigenvalue weighted by molar-refractivity contribution is -0.142. The number of carbonyl (C=O) groups is 1. The van der Waals surface area contributed by atoms with Crippen molar-refractivity contribution in [1.82, 2.24) is 4.98 Å². The van der Waals surface area contributed by atoms with Crippen LogP contribution in [0.2, 0.25) is 0 Å². The van der Waals surface area contributed by atoms with Gasteiger partial charge in [-0.1, -0.05) is 20.8 Å². The van der Waals surface area contributed by atoms with Gasteiger partial charge in [-0.25, -0.2) is 9.78 Å². The molecule has 4 nitrogen and oxygen atoms in total. The fourth-order valence-corrected chi connectivity index (χ4v) is 3.62. The molecule has 1 aliphatic rings. The van der Waals surface area contributed by atoms with Crippen LogP contribution in [0.5, 0.6) is 0 Å². The van der Waals surface area contributed by atoms with Crippen molar-refractivity contribution in [2.75, 3.05) is 11.4 Å². The number of carboxylic acids is 1. The van der Waals surface area contributed by atoms with Crippen molar-refractivity contribution >= 4 is 22.4 Å². The number of hydrogen-bond acceptors (Lipinski definition) is 4. The summed E-state index contributed by atoms with van der Waals surface area (Å²) in [6.45, 7) is 6.92. The van der Waals surface area contributed by atoms with Crippen LogP contribution in [0.4, 0.5) is 5.13 Å². The normalized spacial score (nSPS) is 23.1. The lowest BCUT2D eigenvalue weighted by Crippen LogP contribution is -2.54. The van der Waals surface area contributed by atoms with E-state index >= 15 is 0 Å². The summed E-state index contributed by atoms with van der Waals surface area (Å²) >= 11 is 1.55. The minimum Gasteiger partial charge on any atom is -0.480 e. The van der Waals surface area contributed by atoms with E-state index in [9.17, 15) is 9.90 Å². The van der Waals surface area contributed by atoms with Crippen molar-refractivity contribution in [3.8, 4) is 0 Å². The van der Waals surface area contributed by atoms with Gasteiger partial charge in [0.05, 0.1) is 5.69 Å². The fraction of sp³-hybridized carbons (Fsp3) is 0.692. The Morgan fingerprint density at radius 1 is 1.67 bits per heavy atom. The van der Waals surface area contributed by atoms with Crippen LogP contribution in [-0.4, -0.2) is 28.6 Å². The molecular weight excluding hydrogens is 248 g/mol. The molecule has 100 valence electrons. The van der Waals surface area contributed by atoms with Crippen molar-refractivity contribution in [3.05, 3.63) is 11.1 Å². The molecule has 1 N–H and O–H groups in total. The molecule has 0 aromatic carbocycles. The SMILES string of the molecule is CCc1csc(N2CCCC(C)(C)C2C(=O)O)n1. The van der Waals surface area contributed by atoms with E-state index in [0.717, 1.165) is 36.6 Å². The standard InChI is InChI=1S/C13H20N2O2S/c1-4-9-8-18-12(14-9)15-7-5-6-13(2,3)10(15)11(16)17/h8,10H,4-7H2,1-3H3,(H,16,17). The molecule has 5 heteroatoms. The molecule has 2 heterocycles. The Bertz CT molecular complexity index is 442. The molecule has 1 fully saturated rings. The number of anilines is 1. The summed E-state index contributed by atoms with van der Waals surface area (Å²) in [5.41, 5.74) is 0.838. The number of hydrogen-bond donors (Lipinski definition) is 1. The maximum Gasteiger partial charge on any atom is 0.326 e. The van der Waals surface area contributed by atoms with Gasteiger partial charge in [0.2, 0.25) is 0 Å². The zero-order valence-corrected chi connectivity index (χ0v) is 12.0. The average Bonchev–Trinajstić information content (AvgIpc) is 2.75. The number of piperidine rings is 1. The molecule has 18 heavy (non-hydrogen) atoms. The first-order valence-electron chi connectivity index (χ1n) is 6.39. The van der Waals surface area contributed by atoms with E-state index in [1.54, 1.807) is 11.3 Å². The highest BCUT2D eigenvalue weighted by Gasteiger charge is 2.43. The van der Waals surface area contributed by atoms with Crippen LogP contribution in [0.1, 0.15) is 39.3 Å². The smallest absolute Gasteiger partial charge is 0.326 e. The molecule has 1 aromatic rings. The van der Waals surface area contributed by atoms with Crippen molar-refractivity contribution in [3.63, 3.8) is 0 Å². The molecule has 0 amide bonds. The van der Waals surface area contributed by atoms with E-state index < -0.39 is 12.0 Å². The lowest BCUT2D eigenvalue weighted by Gasteiger charge is -2.43. The minimum atomic E-state index is -0.743. The van der Waals surface area contributed by atoms with Gasteiger partial charge in [-0.3, -0.25) is 0 Å². The van der Waals surface area contributed by atoms with Crippen LogP contribution < -0.4 is 4.90 Å². The zero-order chi connectivity index (χ0) is 13.3. The Balaban J connectivity index is 2.32. The summed E-state index contributed by atoms with van der Waals surface area (Å²) in [7, 11) is 0. The van der Waals surface area contributed by atoms with E-state index in [0.29, 0.717) is 0 Å². The van der Waals surface area contributed by atoms with Gasteiger partial charge in [-0.05, 0) is 24.7 Å². The van der Waals surface area contributed by atoms with Crippen molar-refractivity contribution in [2.45, 2.75) is 46.1 Å². The first-order valence-corrected chi connectivity index (χ1v) is 7.27. The van der Waals surface area contributed by atoms with E-state index in [1.807, 2.05) is 24.1 Å². The maximum absolute atomic E-state index is 11.6. The Morgan fingerprint density at radius 2 is 2.39 bits per heavy atom. The molecule has 2 rings (SSSR count). The second kappa shape index (κ2) is 4.88. The second-order valence-corrected chi connectivity index (χ2v) is 6.34. The van der Waals surface area contributed by atoms with E-state index in [2.05, 4.69) is 11.9 Å². The topological polar surface area (TPSA) is 53.4 Å². The van der Waals surface area contributed by atoms with Crippen molar-refractivity contribution in [2.24, 2.45) is 5.41 Å². The zero-order valence-electron chi connectivity index (χ0n) is 11.1. The van der Waals surface area contributed by atoms with E-state index in [1.165, 1.54) is 0 Å². The summed E-state index contributed by atoms with van der Waals surface area (Å²) in [4.78, 5) is 18.1. The van der Waals surface area contributed by atoms with Gasteiger partial charge in [0, 0.05) is 11.9 Å². The van der Waals surface area contributed by atoms with Crippen LogP contribution >= 0.6 is 11.3 Å². The Morgan fingerprint density at radius 3 is 2.94 bits per heavy atom. The molecule has 0 saturated carbocycles. The molecule has 1 aromatic heterocycles. The van der Waals surface area contributed by atoms with E-state index in [4.69, 9.17) is 0 Å². The van der Waals surface area contributed by atoms with Crippen LogP contribution in [0, 0.1) is 5.41 Å². The van der Waals surface area contributed by atoms with Gasteiger partial charge in [0.15, 0.2) is 5.13 Å². The molecule has 1 aliphatic heterocycles. The Labute approximate surface area is 112 Å². The predicted octanol–water partition coefficient (Wildman–Crippen LogP) is 2.79. The van der Waals surface area contributed by atoms with Crippen molar-refractivity contribution < 1.29 is 9.90 Å². The Hall–Kier alpha value is -1.10. The lowest BCUT2D eigenvalue weighted by atomic mass is 9.76. The highest BCUT2D eigenvalue weighted by atomic mass is 32.1.